The highest BCUT2D eigenvalue weighted by molar-refractivity contribution is 7.92. The Morgan fingerprint density at radius 2 is 2.00 bits per heavy atom. The highest BCUT2D eigenvalue weighted by atomic mass is 35.5. The summed E-state index contributed by atoms with van der Waals surface area (Å²) in [5, 5.41) is 0.293. The number of hydrogen-bond acceptors (Lipinski definition) is 4. The molecule has 0 aliphatic rings. The summed E-state index contributed by atoms with van der Waals surface area (Å²) in [7, 11) is -2.66. The molecule has 0 spiro atoms. The van der Waals surface area contributed by atoms with E-state index in [0.717, 1.165) is 4.31 Å². The van der Waals surface area contributed by atoms with E-state index in [1.807, 2.05) is 0 Å². The lowest BCUT2D eigenvalue weighted by molar-refractivity contribution is 0.0537. The highest BCUT2D eigenvalue weighted by Crippen LogP contribution is 2.30. The summed E-state index contributed by atoms with van der Waals surface area (Å²) in [4.78, 5) is 16.4. The van der Waals surface area contributed by atoms with Gasteiger partial charge in [0.1, 0.15) is 0 Å². The van der Waals surface area contributed by atoms with E-state index < -0.39 is 15.9 Å². The first-order valence-corrected chi connectivity index (χ1v) is 9.05. The van der Waals surface area contributed by atoms with Crippen LogP contribution in [0.4, 0.5) is 5.69 Å². The summed E-state index contributed by atoms with van der Waals surface area (Å²) < 4.78 is 27.3. The second-order valence-electron chi connectivity index (χ2n) is 4.94. The van der Waals surface area contributed by atoms with E-state index in [1.165, 1.54) is 37.5 Å². The van der Waals surface area contributed by atoms with Crippen molar-refractivity contribution in [3.8, 4) is 0 Å². The largest absolute Gasteiger partial charge is 0.277 e. The lowest BCUT2D eigenvalue weighted by Crippen LogP contribution is -2.31. The van der Waals surface area contributed by atoms with Gasteiger partial charge in [0.2, 0.25) is 0 Å². The molecular formula is C17H17ClN2O4S. The third kappa shape index (κ3) is 4.19. The number of carbonyl (C=O) groups excluding carboxylic acids is 1. The van der Waals surface area contributed by atoms with Gasteiger partial charge in [-0.3, -0.25) is 13.9 Å². The highest BCUT2D eigenvalue weighted by Gasteiger charge is 2.26. The van der Waals surface area contributed by atoms with Crippen LogP contribution < -0.4 is 9.79 Å². The maximum atomic E-state index is 13.1. The second kappa shape index (κ2) is 8.15. The third-order valence-electron chi connectivity index (χ3n) is 3.30. The fourth-order valence-corrected chi connectivity index (χ4v) is 3.96. The van der Waals surface area contributed by atoms with Gasteiger partial charge in [-0.15, -0.1) is 6.58 Å². The zero-order valence-electron chi connectivity index (χ0n) is 13.5. The van der Waals surface area contributed by atoms with Crippen LogP contribution in [0, 0.1) is 0 Å². The molecule has 1 N–H and O–H groups in total. The normalized spacial score (nSPS) is 11.0. The minimum absolute atomic E-state index is 0.0283. The number of benzene rings is 2. The molecular weight excluding hydrogens is 364 g/mol. The Bertz CT molecular complexity index is 884. The maximum Gasteiger partial charge on any atom is 0.274 e. The van der Waals surface area contributed by atoms with Crippen molar-refractivity contribution in [3.63, 3.8) is 0 Å². The SMILES string of the molecule is C=CCN(c1ccccc1Cl)S(=O)(=O)c1cccc(C(=O)NOC)c1. The first kappa shape index (κ1) is 19.0. The Balaban J connectivity index is 2.51. The average Bonchev–Trinajstić information content (AvgIpc) is 2.61. The molecule has 0 bridgehead atoms. The number of sulfonamides is 1. The summed E-state index contributed by atoms with van der Waals surface area (Å²) in [6.07, 6.45) is 1.46. The van der Waals surface area contributed by atoms with Crippen molar-refractivity contribution in [2.24, 2.45) is 0 Å². The van der Waals surface area contributed by atoms with Crippen LogP contribution in [0.1, 0.15) is 10.4 Å². The number of hydrogen-bond donors (Lipinski definition) is 1. The predicted molar refractivity (Wildman–Crippen MR) is 97.1 cm³/mol. The van der Waals surface area contributed by atoms with Crippen LogP contribution in [0.5, 0.6) is 0 Å². The standard InChI is InChI=1S/C17H17ClN2O4S/c1-3-11-20(16-10-5-4-9-15(16)18)25(22,23)14-8-6-7-13(12-14)17(21)19-24-2/h3-10,12H,1,11H2,2H3,(H,19,21). The predicted octanol–water partition coefficient (Wildman–Crippen LogP) is 3.01. The lowest BCUT2D eigenvalue weighted by atomic mass is 10.2. The first-order valence-electron chi connectivity index (χ1n) is 7.23. The minimum Gasteiger partial charge on any atom is -0.277 e. The summed E-state index contributed by atoms with van der Waals surface area (Å²) >= 11 is 6.15. The molecule has 0 saturated carbocycles. The molecule has 0 aliphatic heterocycles. The Morgan fingerprint density at radius 1 is 1.28 bits per heavy atom. The van der Waals surface area contributed by atoms with Crippen molar-refractivity contribution in [2.75, 3.05) is 18.0 Å². The molecule has 2 aromatic carbocycles. The number of nitrogens with zero attached hydrogens (tertiary/aromatic N) is 1. The van der Waals surface area contributed by atoms with Crippen LogP contribution in [-0.4, -0.2) is 28.0 Å². The topological polar surface area (TPSA) is 75.7 Å². The van der Waals surface area contributed by atoms with E-state index in [4.69, 9.17) is 11.6 Å². The molecule has 6 nitrogen and oxygen atoms in total. The molecule has 2 rings (SSSR count). The number of nitrogens with one attached hydrogen (secondary N) is 1. The van der Waals surface area contributed by atoms with E-state index in [0.29, 0.717) is 10.7 Å². The number of carbonyl (C=O) groups is 1. The molecule has 0 fully saturated rings. The molecule has 132 valence electrons. The van der Waals surface area contributed by atoms with Gasteiger partial charge in [0.25, 0.3) is 15.9 Å². The van der Waals surface area contributed by atoms with Gasteiger partial charge in [-0.2, -0.15) is 0 Å². The van der Waals surface area contributed by atoms with Crippen LogP contribution in [0.2, 0.25) is 5.02 Å². The number of rotatable bonds is 7. The van der Waals surface area contributed by atoms with Crippen molar-refractivity contribution >= 4 is 33.2 Å². The van der Waals surface area contributed by atoms with Crippen LogP contribution in [0.25, 0.3) is 0 Å². The Hall–Kier alpha value is -2.35. The second-order valence-corrected chi connectivity index (χ2v) is 7.21. The molecule has 0 saturated heterocycles. The zero-order chi connectivity index (χ0) is 18.4. The molecule has 0 unspecified atom stereocenters. The van der Waals surface area contributed by atoms with Gasteiger partial charge in [-0.25, -0.2) is 13.9 Å². The summed E-state index contributed by atoms with van der Waals surface area (Å²) in [6.45, 7) is 3.63. The lowest BCUT2D eigenvalue weighted by Gasteiger charge is -2.24. The quantitative estimate of drug-likeness (QED) is 0.591. The number of para-hydroxylation sites is 1. The Morgan fingerprint density at radius 3 is 2.64 bits per heavy atom. The number of halogens is 1. The van der Waals surface area contributed by atoms with Gasteiger partial charge < -0.3 is 0 Å². The molecule has 2 aromatic rings. The average molecular weight is 381 g/mol. The van der Waals surface area contributed by atoms with E-state index in [-0.39, 0.29) is 17.0 Å². The van der Waals surface area contributed by atoms with Crippen LogP contribution in [0.15, 0.2) is 66.1 Å². The van der Waals surface area contributed by atoms with Crippen molar-refractivity contribution in [1.82, 2.24) is 5.48 Å². The Kier molecular flexibility index (Phi) is 6.19. The van der Waals surface area contributed by atoms with E-state index >= 15 is 0 Å². The molecule has 8 heteroatoms. The molecule has 0 atom stereocenters. The van der Waals surface area contributed by atoms with E-state index in [2.05, 4.69) is 16.9 Å². The van der Waals surface area contributed by atoms with Crippen LogP contribution >= 0.6 is 11.6 Å². The van der Waals surface area contributed by atoms with Crippen molar-refractivity contribution in [2.45, 2.75) is 4.90 Å². The van der Waals surface area contributed by atoms with E-state index in [9.17, 15) is 13.2 Å². The van der Waals surface area contributed by atoms with Crippen molar-refractivity contribution in [1.29, 1.82) is 0 Å². The van der Waals surface area contributed by atoms with E-state index in [1.54, 1.807) is 24.3 Å². The van der Waals surface area contributed by atoms with Crippen molar-refractivity contribution < 1.29 is 18.0 Å². The Labute approximate surface area is 151 Å². The number of anilines is 1. The van der Waals surface area contributed by atoms with Gasteiger partial charge in [0, 0.05) is 5.56 Å². The van der Waals surface area contributed by atoms with Gasteiger partial charge in [0.05, 0.1) is 29.3 Å². The van der Waals surface area contributed by atoms with Crippen LogP contribution in [-0.2, 0) is 14.9 Å². The van der Waals surface area contributed by atoms with Gasteiger partial charge in [-0.05, 0) is 30.3 Å². The first-order chi connectivity index (χ1) is 11.9. The third-order valence-corrected chi connectivity index (χ3v) is 5.39. The maximum absolute atomic E-state index is 13.1. The fourth-order valence-electron chi connectivity index (χ4n) is 2.17. The molecule has 0 aliphatic carbocycles. The monoisotopic (exact) mass is 380 g/mol. The summed E-state index contributed by atoms with van der Waals surface area (Å²) in [6, 6.07) is 12.3. The summed E-state index contributed by atoms with van der Waals surface area (Å²) in [5.74, 6) is -0.549. The smallest absolute Gasteiger partial charge is 0.274 e. The number of hydroxylamine groups is 1. The van der Waals surface area contributed by atoms with Crippen LogP contribution in [0.3, 0.4) is 0 Å². The molecule has 1 amide bonds. The minimum atomic E-state index is -3.95. The van der Waals surface area contributed by atoms with Gasteiger partial charge >= 0.3 is 0 Å². The van der Waals surface area contributed by atoms with Gasteiger partial charge in [-0.1, -0.05) is 35.9 Å². The van der Waals surface area contributed by atoms with Crippen molar-refractivity contribution in [3.05, 3.63) is 71.8 Å². The fraction of sp³-hybridized carbons (Fsp3) is 0.118. The molecule has 0 radical (unpaired) electrons. The molecule has 0 heterocycles. The number of amides is 1. The molecule has 0 aromatic heterocycles. The van der Waals surface area contributed by atoms with Gasteiger partial charge in [0.15, 0.2) is 0 Å². The zero-order valence-corrected chi connectivity index (χ0v) is 15.0. The summed E-state index contributed by atoms with van der Waals surface area (Å²) in [5.41, 5.74) is 2.63. The molecule has 25 heavy (non-hydrogen) atoms.